The standard InChI is InChI=1S/C11H18O2/c1-3-10(11(12)13-2)6-4-5-9-7-8-9/h7-10H,3-6H2,1-2H3. The van der Waals surface area contributed by atoms with Crippen LogP contribution in [-0.2, 0) is 9.53 Å². The lowest BCUT2D eigenvalue weighted by Gasteiger charge is -2.11. The predicted octanol–water partition coefficient (Wildman–Crippen LogP) is 2.54. The van der Waals surface area contributed by atoms with Gasteiger partial charge >= 0.3 is 5.97 Å². The van der Waals surface area contributed by atoms with Gasteiger partial charge in [-0.1, -0.05) is 25.5 Å². The molecule has 0 N–H and O–H groups in total. The first kappa shape index (κ1) is 10.3. The van der Waals surface area contributed by atoms with E-state index in [9.17, 15) is 4.79 Å². The zero-order chi connectivity index (χ0) is 9.68. The van der Waals surface area contributed by atoms with Gasteiger partial charge in [-0.15, -0.1) is 0 Å². The van der Waals surface area contributed by atoms with Crippen molar-refractivity contribution in [1.82, 2.24) is 0 Å². The van der Waals surface area contributed by atoms with Gasteiger partial charge in [-0.25, -0.2) is 0 Å². The normalized spacial score (nSPS) is 17.1. The van der Waals surface area contributed by atoms with Crippen LogP contribution in [0.15, 0.2) is 12.2 Å². The van der Waals surface area contributed by atoms with E-state index in [0.29, 0.717) is 0 Å². The van der Waals surface area contributed by atoms with Crippen LogP contribution >= 0.6 is 0 Å². The third kappa shape index (κ3) is 3.62. The summed E-state index contributed by atoms with van der Waals surface area (Å²) in [7, 11) is 1.47. The summed E-state index contributed by atoms with van der Waals surface area (Å²) in [4.78, 5) is 11.2. The Morgan fingerprint density at radius 2 is 2.23 bits per heavy atom. The second-order valence-corrected chi connectivity index (χ2v) is 3.61. The van der Waals surface area contributed by atoms with Crippen LogP contribution in [0.5, 0.6) is 0 Å². The zero-order valence-electron chi connectivity index (χ0n) is 8.45. The van der Waals surface area contributed by atoms with Crippen molar-refractivity contribution in [1.29, 1.82) is 0 Å². The van der Waals surface area contributed by atoms with Gasteiger partial charge in [0, 0.05) is 0 Å². The number of esters is 1. The summed E-state index contributed by atoms with van der Waals surface area (Å²) < 4.78 is 4.72. The van der Waals surface area contributed by atoms with Crippen molar-refractivity contribution in [3.63, 3.8) is 0 Å². The minimum absolute atomic E-state index is 0.0498. The fourth-order valence-corrected chi connectivity index (χ4v) is 1.53. The zero-order valence-corrected chi connectivity index (χ0v) is 8.45. The largest absolute Gasteiger partial charge is 0.469 e. The Bertz CT molecular complexity index is 190. The monoisotopic (exact) mass is 182 g/mol. The SMILES string of the molecule is CCC(CCCC1C=C1)C(=O)OC. The average molecular weight is 182 g/mol. The van der Waals surface area contributed by atoms with Crippen LogP contribution in [0.3, 0.4) is 0 Å². The van der Waals surface area contributed by atoms with Crippen LogP contribution in [0, 0.1) is 11.8 Å². The van der Waals surface area contributed by atoms with Crippen LogP contribution in [0.1, 0.15) is 32.6 Å². The second kappa shape index (κ2) is 5.05. The number of carbonyl (C=O) groups is 1. The van der Waals surface area contributed by atoms with Crippen molar-refractivity contribution in [2.24, 2.45) is 11.8 Å². The Morgan fingerprint density at radius 1 is 1.54 bits per heavy atom. The summed E-state index contributed by atoms with van der Waals surface area (Å²) in [6, 6.07) is 0. The van der Waals surface area contributed by atoms with E-state index in [1.807, 2.05) is 6.92 Å². The molecule has 1 rings (SSSR count). The van der Waals surface area contributed by atoms with Gasteiger partial charge in [-0.3, -0.25) is 4.79 Å². The van der Waals surface area contributed by atoms with Gasteiger partial charge in [0.25, 0.3) is 0 Å². The smallest absolute Gasteiger partial charge is 0.308 e. The van der Waals surface area contributed by atoms with Crippen LogP contribution in [0.2, 0.25) is 0 Å². The molecule has 0 amide bonds. The second-order valence-electron chi connectivity index (χ2n) is 3.61. The molecule has 2 heteroatoms. The summed E-state index contributed by atoms with van der Waals surface area (Å²) in [6.45, 7) is 2.04. The van der Waals surface area contributed by atoms with E-state index < -0.39 is 0 Å². The molecule has 0 heterocycles. The Kier molecular flexibility index (Phi) is 4.00. The minimum atomic E-state index is -0.0498. The number of rotatable bonds is 6. The van der Waals surface area contributed by atoms with E-state index in [1.165, 1.54) is 13.5 Å². The summed E-state index contributed by atoms with van der Waals surface area (Å²) in [5.74, 6) is 0.796. The maximum atomic E-state index is 11.2. The minimum Gasteiger partial charge on any atom is -0.469 e. The van der Waals surface area contributed by atoms with E-state index in [4.69, 9.17) is 4.74 Å². The molecule has 1 atom stereocenters. The fourth-order valence-electron chi connectivity index (χ4n) is 1.53. The Balaban J connectivity index is 2.10. The molecular weight excluding hydrogens is 164 g/mol. The quantitative estimate of drug-likeness (QED) is 0.466. The van der Waals surface area contributed by atoms with Crippen LogP contribution < -0.4 is 0 Å². The average Bonchev–Trinajstić information content (AvgIpc) is 2.95. The van der Waals surface area contributed by atoms with Crippen molar-refractivity contribution in [3.8, 4) is 0 Å². The van der Waals surface area contributed by atoms with Gasteiger partial charge < -0.3 is 4.74 Å². The Hall–Kier alpha value is -0.790. The van der Waals surface area contributed by atoms with Gasteiger partial charge in [0.2, 0.25) is 0 Å². The number of hydrogen-bond donors (Lipinski definition) is 0. The number of hydrogen-bond acceptors (Lipinski definition) is 2. The van der Waals surface area contributed by atoms with Gasteiger partial charge in [0.05, 0.1) is 13.0 Å². The van der Waals surface area contributed by atoms with Crippen molar-refractivity contribution < 1.29 is 9.53 Å². The maximum absolute atomic E-state index is 11.2. The Labute approximate surface area is 80.0 Å². The van der Waals surface area contributed by atoms with E-state index >= 15 is 0 Å². The van der Waals surface area contributed by atoms with E-state index in [0.717, 1.165) is 25.2 Å². The van der Waals surface area contributed by atoms with Crippen LogP contribution in [-0.4, -0.2) is 13.1 Å². The molecule has 13 heavy (non-hydrogen) atoms. The molecule has 0 bridgehead atoms. The van der Waals surface area contributed by atoms with Gasteiger partial charge in [-0.05, 0) is 25.2 Å². The van der Waals surface area contributed by atoms with Crippen molar-refractivity contribution >= 4 is 5.97 Å². The lowest BCUT2D eigenvalue weighted by Crippen LogP contribution is -2.15. The molecule has 1 aliphatic carbocycles. The van der Waals surface area contributed by atoms with Gasteiger partial charge in [0.15, 0.2) is 0 Å². The van der Waals surface area contributed by atoms with Gasteiger partial charge in [-0.2, -0.15) is 0 Å². The molecule has 0 aromatic heterocycles. The molecule has 1 unspecified atom stereocenters. The first-order chi connectivity index (χ1) is 6.27. The molecular formula is C11H18O2. The highest BCUT2D eigenvalue weighted by atomic mass is 16.5. The number of allylic oxidation sites excluding steroid dienone is 2. The fraction of sp³-hybridized carbons (Fsp3) is 0.727. The molecule has 1 aliphatic rings. The summed E-state index contributed by atoms with van der Waals surface area (Å²) in [6.07, 6.45) is 8.61. The lowest BCUT2D eigenvalue weighted by atomic mass is 9.98. The third-order valence-corrected chi connectivity index (χ3v) is 2.58. The highest BCUT2D eigenvalue weighted by molar-refractivity contribution is 5.72. The van der Waals surface area contributed by atoms with Crippen molar-refractivity contribution in [3.05, 3.63) is 12.2 Å². The molecule has 0 saturated heterocycles. The molecule has 0 spiro atoms. The summed E-state index contributed by atoms with van der Waals surface area (Å²) in [5, 5.41) is 0. The Morgan fingerprint density at radius 3 is 2.69 bits per heavy atom. The maximum Gasteiger partial charge on any atom is 0.308 e. The van der Waals surface area contributed by atoms with Crippen molar-refractivity contribution in [2.75, 3.05) is 7.11 Å². The molecule has 0 aliphatic heterocycles. The molecule has 0 aromatic rings. The number of methoxy groups -OCH3 is 1. The molecule has 74 valence electrons. The summed E-state index contributed by atoms with van der Waals surface area (Å²) >= 11 is 0. The number of ether oxygens (including phenoxy) is 1. The van der Waals surface area contributed by atoms with E-state index in [-0.39, 0.29) is 11.9 Å². The predicted molar refractivity (Wildman–Crippen MR) is 52.3 cm³/mol. The highest BCUT2D eigenvalue weighted by Gasteiger charge is 2.17. The molecule has 2 nitrogen and oxygen atoms in total. The summed E-state index contributed by atoms with van der Waals surface area (Å²) in [5.41, 5.74) is 0. The first-order valence-electron chi connectivity index (χ1n) is 5.04. The molecule has 0 fully saturated rings. The van der Waals surface area contributed by atoms with Crippen LogP contribution in [0.4, 0.5) is 0 Å². The third-order valence-electron chi connectivity index (χ3n) is 2.58. The topological polar surface area (TPSA) is 26.3 Å². The highest BCUT2D eigenvalue weighted by Crippen LogP contribution is 2.24. The van der Waals surface area contributed by atoms with Gasteiger partial charge in [0.1, 0.15) is 0 Å². The molecule has 0 aromatic carbocycles. The molecule has 0 saturated carbocycles. The van der Waals surface area contributed by atoms with E-state index in [1.54, 1.807) is 0 Å². The van der Waals surface area contributed by atoms with Crippen LogP contribution in [0.25, 0.3) is 0 Å². The van der Waals surface area contributed by atoms with Crippen molar-refractivity contribution in [2.45, 2.75) is 32.6 Å². The first-order valence-corrected chi connectivity index (χ1v) is 5.04. The molecule has 0 radical (unpaired) electrons. The lowest BCUT2D eigenvalue weighted by molar-refractivity contribution is -0.145. The van der Waals surface area contributed by atoms with E-state index in [2.05, 4.69) is 12.2 Å². The number of carbonyl (C=O) groups excluding carboxylic acids is 1.